The number of rotatable bonds is 7. The van der Waals surface area contributed by atoms with Crippen LogP contribution < -0.4 is 20.2 Å². The summed E-state index contributed by atoms with van der Waals surface area (Å²) in [5.74, 6) is -1.17. The first-order chi connectivity index (χ1) is 19.7. The Labute approximate surface area is 234 Å². The third-order valence-electron chi connectivity index (χ3n) is 6.55. The first-order valence-corrected chi connectivity index (χ1v) is 12.8. The number of halogens is 2. The Kier molecular flexibility index (Phi) is 7.47. The van der Waals surface area contributed by atoms with Gasteiger partial charge in [0.2, 0.25) is 11.3 Å². The molecule has 0 saturated heterocycles. The van der Waals surface area contributed by atoms with Crippen LogP contribution in [0.5, 0.6) is 17.4 Å². The highest BCUT2D eigenvalue weighted by Crippen LogP contribution is 2.34. The lowest BCUT2D eigenvalue weighted by Crippen LogP contribution is -2.23. The van der Waals surface area contributed by atoms with Crippen molar-refractivity contribution in [3.8, 4) is 28.5 Å². The number of nitrogens with one attached hydrogen (secondary N) is 2. The van der Waals surface area contributed by atoms with E-state index in [0.717, 1.165) is 11.6 Å². The van der Waals surface area contributed by atoms with Crippen molar-refractivity contribution in [2.24, 2.45) is 0 Å². The van der Waals surface area contributed by atoms with Crippen LogP contribution in [0.15, 0.2) is 71.8 Å². The number of anilines is 1. The molecule has 208 valence electrons. The second-order valence-corrected chi connectivity index (χ2v) is 9.66. The Morgan fingerprint density at radius 3 is 2.46 bits per heavy atom. The molecule has 10 heteroatoms. The fraction of sp³-hybridized carbons (Fsp3) is 0.161. The standard InChI is InChI=1S/C31H26F2N4O4/c1-16(2)21-14-24-28(37-31(21)40-4)26(11-12-34-24)41-25-10-9-20(13-23(25)33)36-30(39)22-15-35-17(3)27(29(22)38)18-5-7-19(32)8-6-18/h5-16H,1-4H3,(H,35,38)(H,36,39). The van der Waals surface area contributed by atoms with Crippen LogP contribution in [0, 0.1) is 18.6 Å². The van der Waals surface area contributed by atoms with Crippen LogP contribution in [-0.2, 0) is 0 Å². The van der Waals surface area contributed by atoms with E-state index in [1.165, 1.54) is 49.7 Å². The van der Waals surface area contributed by atoms with Gasteiger partial charge in [0.25, 0.3) is 5.91 Å². The molecule has 3 aromatic heterocycles. The van der Waals surface area contributed by atoms with E-state index in [9.17, 15) is 14.0 Å². The van der Waals surface area contributed by atoms with Crippen molar-refractivity contribution < 1.29 is 23.0 Å². The summed E-state index contributed by atoms with van der Waals surface area (Å²) in [7, 11) is 1.53. The van der Waals surface area contributed by atoms with Gasteiger partial charge in [-0.3, -0.25) is 14.6 Å². The van der Waals surface area contributed by atoms with E-state index >= 15 is 4.39 Å². The number of carbonyl (C=O) groups is 1. The number of amides is 1. The molecule has 8 nitrogen and oxygen atoms in total. The molecule has 0 aliphatic heterocycles. The first kappa shape index (κ1) is 27.4. The molecule has 2 aromatic carbocycles. The maximum atomic E-state index is 15.1. The number of ether oxygens (including phenoxy) is 2. The zero-order chi connectivity index (χ0) is 29.3. The lowest BCUT2D eigenvalue weighted by atomic mass is 10.0. The highest BCUT2D eigenvalue weighted by molar-refractivity contribution is 6.04. The van der Waals surface area contributed by atoms with Crippen molar-refractivity contribution in [3.05, 3.63) is 106 Å². The second kappa shape index (κ2) is 11.2. The van der Waals surface area contributed by atoms with Gasteiger partial charge in [0.05, 0.1) is 12.6 Å². The van der Waals surface area contributed by atoms with Crippen LogP contribution in [0.4, 0.5) is 14.5 Å². The van der Waals surface area contributed by atoms with E-state index in [-0.39, 0.29) is 34.2 Å². The van der Waals surface area contributed by atoms with Crippen molar-refractivity contribution in [3.63, 3.8) is 0 Å². The van der Waals surface area contributed by atoms with E-state index in [0.29, 0.717) is 28.2 Å². The minimum Gasteiger partial charge on any atom is -0.481 e. The summed E-state index contributed by atoms with van der Waals surface area (Å²) in [6.07, 6.45) is 2.83. The van der Waals surface area contributed by atoms with Gasteiger partial charge in [-0.25, -0.2) is 13.8 Å². The predicted octanol–water partition coefficient (Wildman–Crippen LogP) is 6.75. The molecule has 1 amide bonds. The van der Waals surface area contributed by atoms with Crippen LogP contribution >= 0.6 is 0 Å². The number of aromatic nitrogens is 3. The molecule has 0 fully saturated rings. The molecule has 0 spiro atoms. The highest BCUT2D eigenvalue weighted by atomic mass is 19.1. The van der Waals surface area contributed by atoms with Gasteiger partial charge in [0.1, 0.15) is 16.9 Å². The molecular formula is C31H26F2N4O4. The molecule has 0 aliphatic rings. The fourth-order valence-electron chi connectivity index (χ4n) is 4.44. The summed E-state index contributed by atoms with van der Waals surface area (Å²) in [5.41, 5.74) is 2.46. The zero-order valence-corrected chi connectivity index (χ0v) is 22.7. The number of fused-ring (bicyclic) bond motifs is 1. The van der Waals surface area contributed by atoms with Crippen molar-refractivity contribution in [1.82, 2.24) is 15.0 Å². The smallest absolute Gasteiger partial charge is 0.261 e. The molecule has 0 atom stereocenters. The third kappa shape index (κ3) is 5.49. The van der Waals surface area contributed by atoms with Gasteiger partial charge in [-0.05, 0) is 48.7 Å². The van der Waals surface area contributed by atoms with Crippen molar-refractivity contribution >= 4 is 22.6 Å². The summed E-state index contributed by atoms with van der Waals surface area (Å²) < 4.78 is 39.8. The second-order valence-electron chi connectivity index (χ2n) is 9.66. The van der Waals surface area contributed by atoms with Crippen LogP contribution in [0.2, 0.25) is 0 Å². The van der Waals surface area contributed by atoms with Gasteiger partial charge in [-0.15, -0.1) is 0 Å². The molecule has 3 heterocycles. The van der Waals surface area contributed by atoms with E-state index in [4.69, 9.17) is 9.47 Å². The summed E-state index contributed by atoms with van der Waals surface area (Å²) >= 11 is 0. The largest absolute Gasteiger partial charge is 0.481 e. The van der Waals surface area contributed by atoms with Gasteiger partial charge < -0.3 is 19.8 Å². The Morgan fingerprint density at radius 2 is 1.78 bits per heavy atom. The van der Waals surface area contributed by atoms with Gasteiger partial charge in [-0.2, -0.15) is 0 Å². The molecule has 0 saturated carbocycles. The summed E-state index contributed by atoms with van der Waals surface area (Å²) in [5, 5.41) is 2.55. The van der Waals surface area contributed by atoms with E-state index in [2.05, 4.69) is 20.3 Å². The van der Waals surface area contributed by atoms with Crippen LogP contribution in [0.3, 0.4) is 0 Å². The normalized spacial score (nSPS) is 11.1. The Hall–Kier alpha value is -5.12. The SMILES string of the molecule is COc1nc2c(Oc3ccc(NC(=O)c4c[nH]c(C)c(-c5ccc(F)cc5)c4=O)cc3F)ccnc2cc1C(C)C. The molecular weight excluding hydrogens is 530 g/mol. The van der Waals surface area contributed by atoms with Crippen molar-refractivity contribution in [2.75, 3.05) is 12.4 Å². The Morgan fingerprint density at radius 1 is 1.02 bits per heavy atom. The number of benzene rings is 2. The molecule has 0 bridgehead atoms. The third-order valence-corrected chi connectivity index (χ3v) is 6.55. The Bertz CT molecular complexity index is 1840. The number of nitrogens with zero attached hydrogens (tertiary/aromatic N) is 2. The van der Waals surface area contributed by atoms with Crippen LogP contribution in [0.25, 0.3) is 22.2 Å². The lowest BCUT2D eigenvalue weighted by molar-refractivity contribution is 0.102. The van der Waals surface area contributed by atoms with Gasteiger partial charge >= 0.3 is 0 Å². The molecule has 5 rings (SSSR count). The number of H-pyrrole nitrogens is 1. The molecule has 0 radical (unpaired) electrons. The monoisotopic (exact) mass is 556 g/mol. The van der Waals surface area contributed by atoms with Gasteiger partial charge in [-0.1, -0.05) is 26.0 Å². The number of aryl methyl sites for hydroxylation is 1. The minimum atomic E-state index is -0.747. The number of hydrogen-bond acceptors (Lipinski definition) is 6. The molecule has 0 unspecified atom stereocenters. The number of hydrogen-bond donors (Lipinski definition) is 2. The van der Waals surface area contributed by atoms with Crippen molar-refractivity contribution in [2.45, 2.75) is 26.7 Å². The van der Waals surface area contributed by atoms with E-state index < -0.39 is 23.0 Å². The average Bonchev–Trinajstić information content (AvgIpc) is 2.94. The minimum absolute atomic E-state index is 0.101. The quantitative estimate of drug-likeness (QED) is 0.230. The maximum absolute atomic E-state index is 15.1. The summed E-state index contributed by atoms with van der Waals surface area (Å²) in [4.78, 5) is 37.9. The van der Waals surface area contributed by atoms with Crippen LogP contribution in [-0.4, -0.2) is 28.0 Å². The van der Waals surface area contributed by atoms with Gasteiger partial charge in [0, 0.05) is 47.0 Å². The molecule has 41 heavy (non-hydrogen) atoms. The Balaban J connectivity index is 1.40. The number of methoxy groups -OCH3 is 1. The highest BCUT2D eigenvalue weighted by Gasteiger charge is 2.19. The molecule has 0 aliphatic carbocycles. The first-order valence-electron chi connectivity index (χ1n) is 12.8. The number of aromatic amines is 1. The van der Waals surface area contributed by atoms with Crippen molar-refractivity contribution in [1.29, 1.82) is 0 Å². The summed E-state index contributed by atoms with van der Waals surface area (Å²) in [6.45, 7) is 5.71. The van der Waals surface area contributed by atoms with Crippen LogP contribution in [0.1, 0.15) is 41.4 Å². The molecule has 5 aromatic rings. The average molecular weight is 557 g/mol. The fourth-order valence-corrected chi connectivity index (χ4v) is 4.44. The predicted molar refractivity (Wildman–Crippen MR) is 152 cm³/mol. The summed E-state index contributed by atoms with van der Waals surface area (Å²) in [6, 6.07) is 12.7. The van der Waals surface area contributed by atoms with Gasteiger partial charge in [0.15, 0.2) is 17.3 Å². The molecule has 2 N–H and O–H groups in total. The van der Waals surface area contributed by atoms with E-state index in [1.54, 1.807) is 19.2 Å². The number of carbonyl (C=O) groups excluding carboxylic acids is 1. The zero-order valence-electron chi connectivity index (χ0n) is 22.7. The number of pyridine rings is 3. The van der Waals surface area contributed by atoms with E-state index in [1.807, 2.05) is 19.9 Å². The lowest BCUT2D eigenvalue weighted by Gasteiger charge is -2.14. The maximum Gasteiger partial charge on any atom is 0.261 e. The topological polar surface area (TPSA) is 106 Å².